The Morgan fingerprint density at radius 1 is 1.19 bits per heavy atom. The van der Waals surface area contributed by atoms with Gasteiger partial charge < -0.3 is 15.3 Å². The molecule has 0 aromatic heterocycles. The Balaban J connectivity index is 3.27. The quantitative estimate of drug-likeness (QED) is 0.513. The number of carboxylic acids is 1. The second-order valence-corrected chi connectivity index (χ2v) is 5.35. The zero-order chi connectivity index (χ0) is 19.9. The zero-order valence-electron chi connectivity index (χ0n) is 14.0. The smallest absolute Gasteiger partial charge is 0.416 e. The Kier molecular flexibility index (Phi) is 7.18. The average Bonchev–Trinajstić information content (AvgIpc) is 2.53. The van der Waals surface area contributed by atoms with Gasteiger partial charge in [-0.2, -0.15) is 13.2 Å². The third-order valence-electron chi connectivity index (χ3n) is 3.31. The molecule has 0 saturated carbocycles. The molecule has 0 unspecified atom stereocenters. The second kappa shape index (κ2) is 8.89. The number of amides is 1. The van der Waals surface area contributed by atoms with Crippen LogP contribution in [0.1, 0.15) is 12.0 Å². The summed E-state index contributed by atoms with van der Waals surface area (Å²) in [5.74, 6) is -2.14. The van der Waals surface area contributed by atoms with Crippen molar-refractivity contribution >= 4 is 23.3 Å². The molecule has 1 aromatic rings. The van der Waals surface area contributed by atoms with Gasteiger partial charge >= 0.3 is 12.1 Å². The molecule has 0 bridgehead atoms. The molecule has 0 aliphatic rings. The average molecular weight is 368 g/mol. The van der Waals surface area contributed by atoms with Crippen LogP contribution in [0.15, 0.2) is 55.7 Å². The maximum atomic E-state index is 13.0. The molecule has 0 spiro atoms. The van der Waals surface area contributed by atoms with Gasteiger partial charge in [0.15, 0.2) is 0 Å². The van der Waals surface area contributed by atoms with Gasteiger partial charge in [-0.25, -0.2) is 4.79 Å². The third kappa shape index (κ3) is 5.80. The number of carbonyl (C=O) groups excluding carboxylic acids is 1. The molecule has 0 fully saturated rings. The zero-order valence-corrected chi connectivity index (χ0v) is 14.0. The lowest BCUT2D eigenvalue weighted by molar-refractivity contribution is -0.137. The van der Waals surface area contributed by atoms with Gasteiger partial charge in [-0.1, -0.05) is 18.7 Å². The fourth-order valence-corrected chi connectivity index (χ4v) is 2.13. The molecule has 8 heteroatoms. The highest BCUT2D eigenvalue weighted by Gasteiger charge is 2.31. The lowest BCUT2D eigenvalue weighted by atomic mass is 10.1. The number of alkyl halides is 3. The first-order chi connectivity index (χ1) is 12.1. The molecule has 26 heavy (non-hydrogen) atoms. The van der Waals surface area contributed by atoms with Crippen LogP contribution in [0.5, 0.6) is 0 Å². The number of nitrogens with one attached hydrogen (secondary N) is 1. The van der Waals surface area contributed by atoms with E-state index in [0.29, 0.717) is 18.8 Å². The van der Waals surface area contributed by atoms with Crippen molar-refractivity contribution in [2.75, 3.05) is 23.3 Å². The van der Waals surface area contributed by atoms with E-state index in [1.807, 2.05) is 0 Å². The minimum absolute atomic E-state index is 0.0910. The van der Waals surface area contributed by atoms with Crippen LogP contribution in [-0.4, -0.2) is 30.1 Å². The largest absolute Gasteiger partial charge is 0.478 e. The maximum absolute atomic E-state index is 13.0. The van der Waals surface area contributed by atoms with E-state index >= 15 is 0 Å². The van der Waals surface area contributed by atoms with E-state index in [1.54, 1.807) is 17.1 Å². The van der Waals surface area contributed by atoms with E-state index in [0.717, 1.165) is 12.1 Å². The fraction of sp³-hybridized carbons (Fsp3) is 0.222. The number of anilines is 2. The van der Waals surface area contributed by atoms with Crippen molar-refractivity contribution in [3.05, 3.63) is 61.2 Å². The third-order valence-corrected chi connectivity index (χ3v) is 3.31. The van der Waals surface area contributed by atoms with Crippen LogP contribution in [0.2, 0.25) is 0 Å². The minimum Gasteiger partial charge on any atom is -0.478 e. The van der Waals surface area contributed by atoms with Crippen LogP contribution in [0, 0.1) is 0 Å². The summed E-state index contributed by atoms with van der Waals surface area (Å²) in [7, 11) is 0. The van der Waals surface area contributed by atoms with Crippen molar-refractivity contribution in [2.24, 2.45) is 0 Å². The fourth-order valence-electron chi connectivity index (χ4n) is 2.13. The maximum Gasteiger partial charge on any atom is 0.416 e. The summed E-state index contributed by atoms with van der Waals surface area (Å²) in [5, 5.41) is 11.1. The predicted octanol–water partition coefficient (Wildman–Crippen LogP) is 3.85. The lowest BCUT2D eigenvalue weighted by Crippen LogP contribution is -2.26. The molecule has 0 saturated heterocycles. The Morgan fingerprint density at radius 3 is 2.23 bits per heavy atom. The highest BCUT2D eigenvalue weighted by molar-refractivity contribution is 6.00. The molecular weight excluding hydrogens is 349 g/mol. The minimum atomic E-state index is -4.59. The topological polar surface area (TPSA) is 69.6 Å². The summed E-state index contributed by atoms with van der Waals surface area (Å²) in [5.41, 5.74) is -1.07. The molecule has 0 atom stereocenters. The summed E-state index contributed by atoms with van der Waals surface area (Å²) in [6.07, 6.45) is -2.03. The Bertz CT molecular complexity index is 717. The normalized spacial score (nSPS) is 10.7. The number of carboxylic acid groups (broad SMARTS) is 1. The molecule has 140 valence electrons. The standard InChI is InChI=1S/C18H19F3N2O3/c1-4-8-23(9-5-2)15-7-6-13(18(19,20)21)11-14(15)22-16(24)10-12(3)17(25)26/h4-7,11H,1-3,8-10H2,(H,22,24)(H,25,26). The molecular formula is C18H19F3N2O3. The SMILES string of the molecule is C=CCN(CC=C)c1ccc(C(F)(F)F)cc1NC(=O)CC(=C)C(=O)O. The number of hydrogen-bond acceptors (Lipinski definition) is 3. The van der Waals surface area contributed by atoms with Gasteiger partial charge in [0.1, 0.15) is 0 Å². The molecule has 1 rings (SSSR count). The monoisotopic (exact) mass is 368 g/mol. The Hall–Kier alpha value is -3.03. The molecule has 1 aromatic carbocycles. The number of halogens is 3. The molecule has 5 nitrogen and oxygen atoms in total. The summed E-state index contributed by atoms with van der Waals surface area (Å²) >= 11 is 0. The van der Waals surface area contributed by atoms with Crippen molar-refractivity contribution in [3.8, 4) is 0 Å². The number of carbonyl (C=O) groups is 2. The van der Waals surface area contributed by atoms with Crippen molar-refractivity contribution in [2.45, 2.75) is 12.6 Å². The first-order valence-electron chi connectivity index (χ1n) is 7.49. The number of hydrogen-bond donors (Lipinski definition) is 2. The van der Waals surface area contributed by atoms with Crippen molar-refractivity contribution < 1.29 is 27.9 Å². The number of benzene rings is 1. The van der Waals surface area contributed by atoms with Crippen LogP contribution >= 0.6 is 0 Å². The first kappa shape index (κ1) is 21.0. The Morgan fingerprint density at radius 2 is 1.77 bits per heavy atom. The van der Waals surface area contributed by atoms with Crippen LogP contribution in [-0.2, 0) is 15.8 Å². The summed E-state index contributed by atoms with van der Waals surface area (Å²) in [4.78, 5) is 24.4. The van der Waals surface area contributed by atoms with E-state index < -0.39 is 30.0 Å². The number of rotatable bonds is 9. The van der Waals surface area contributed by atoms with E-state index in [2.05, 4.69) is 25.1 Å². The second-order valence-electron chi connectivity index (χ2n) is 5.35. The van der Waals surface area contributed by atoms with Gasteiger partial charge in [0.2, 0.25) is 5.91 Å². The van der Waals surface area contributed by atoms with E-state index in [-0.39, 0.29) is 11.3 Å². The predicted molar refractivity (Wildman–Crippen MR) is 94.1 cm³/mol. The van der Waals surface area contributed by atoms with Gasteiger partial charge in [-0.3, -0.25) is 4.79 Å². The first-order valence-corrected chi connectivity index (χ1v) is 7.49. The summed E-state index contributed by atoms with van der Waals surface area (Å²) in [6, 6.07) is 2.94. The molecule has 1 amide bonds. The van der Waals surface area contributed by atoms with Crippen molar-refractivity contribution in [3.63, 3.8) is 0 Å². The highest BCUT2D eigenvalue weighted by atomic mass is 19.4. The molecule has 0 aliphatic carbocycles. The lowest BCUT2D eigenvalue weighted by Gasteiger charge is -2.25. The van der Waals surface area contributed by atoms with Gasteiger partial charge in [0, 0.05) is 18.7 Å². The van der Waals surface area contributed by atoms with Crippen molar-refractivity contribution in [1.82, 2.24) is 0 Å². The highest BCUT2D eigenvalue weighted by Crippen LogP contribution is 2.35. The van der Waals surface area contributed by atoms with Crippen LogP contribution in [0.4, 0.5) is 24.5 Å². The van der Waals surface area contributed by atoms with Gasteiger partial charge in [0.25, 0.3) is 0 Å². The van der Waals surface area contributed by atoms with Gasteiger partial charge in [-0.05, 0) is 18.2 Å². The molecule has 0 aliphatic heterocycles. The van der Waals surface area contributed by atoms with Gasteiger partial charge in [-0.15, -0.1) is 13.2 Å². The Labute approximate surface area is 149 Å². The van der Waals surface area contributed by atoms with E-state index in [4.69, 9.17) is 5.11 Å². The number of aliphatic carboxylic acids is 1. The number of nitrogens with zero attached hydrogens (tertiary/aromatic N) is 1. The summed E-state index contributed by atoms with van der Waals surface area (Å²) < 4.78 is 39.0. The molecule has 0 heterocycles. The van der Waals surface area contributed by atoms with Crippen LogP contribution in [0.25, 0.3) is 0 Å². The van der Waals surface area contributed by atoms with Gasteiger partial charge in [0.05, 0.1) is 23.4 Å². The van der Waals surface area contributed by atoms with Crippen LogP contribution in [0.3, 0.4) is 0 Å². The van der Waals surface area contributed by atoms with E-state index in [9.17, 15) is 22.8 Å². The van der Waals surface area contributed by atoms with Crippen LogP contribution < -0.4 is 10.2 Å². The van der Waals surface area contributed by atoms with E-state index in [1.165, 1.54) is 6.07 Å². The molecule has 0 radical (unpaired) electrons. The molecule has 2 N–H and O–H groups in total. The summed E-state index contributed by atoms with van der Waals surface area (Å²) in [6.45, 7) is 11.0. The van der Waals surface area contributed by atoms with Crippen molar-refractivity contribution in [1.29, 1.82) is 0 Å².